The van der Waals surface area contributed by atoms with Gasteiger partial charge in [-0.05, 0) is 59.1 Å². The second-order valence-corrected chi connectivity index (χ2v) is 8.27. The molecule has 0 bridgehead atoms. The summed E-state index contributed by atoms with van der Waals surface area (Å²) in [7, 11) is 1.62. The van der Waals surface area contributed by atoms with E-state index in [0.717, 1.165) is 23.3 Å². The van der Waals surface area contributed by atoms with E-state index in [2.05, 4.69) is 5.32 Å². The lowest BCUT2D eigenvalue weighted by Crippen LogP contribution is -2.48. The monoisotopic (exact) mass is 406 g/mol. The zero-order chi connectivity index (χ0) is 21.6. The summed E-state index contributed by atoms with van der Waals surface area (Å²) in [6.45, 7) is 11.0. The van der Waals surface area contributed by atoms with Crippen molar-refractivity contribution in [1.29, 1.82) is 0 Å². The summed E-state index contributed by atoms with van der Waals surface area (Å²) in [6.07, 6.45) is 0.977. The third-order valence-electron chi connectivity index (χ3n) is 4.82. The van der Waals surface area contributed by atoms with Gasteiger partial charge in [0.05, 0.1) is 19.8 Å². The molecule has 7 heteroatoms. The van der Waals surface area contributed by atoms with Gasteiger partial charge < -0.3 is 19.5 Å². The fourth-order valence-corrected chi connectivity index (χ4v) is 3.33. The smallest absolute Gasteiger partial charge is 0.410 e. The molecular formula is C22H34N2O5. The summed E-state index contributed by atoms with van der Waals surface area (Å²) in [5.74, 6) is 0.562. The number of nitrogens with one attached hydrogen (secondary N) is 1. The van der Waals surface area contributed by atoms with E-state index in [9.17, 15) is 9.59 Å². The van der Waals surface area contributed by atoms with Gasteiger partial charge in [-0.3, -0.25) is 9.69 Å². The van der Waals surface area contributed by atoms with Crippen molar-refractivity contribution in [3.8, 4) is 5.75 Å². The molecule has 0 spiro atoms. The van der Waals surface area contributed by atoms with Gasteiger partial charge in [0.1, 0.15) is 17.4 Å². The Hall–Kier alpha value is -2.28. The number of rotatable bonds is 7. The minimum Gasteiger partial charge on any atom is -0.496 e. The molecule has 29 heavy (non-hydrogen) atoms. The maximum atomic E-state index is 12.9. The van der Waals surface area contributed by atoms with E-state index < -0.39 is 17.7 Å². The number of ether oxygens (including phenoxy) is 3. The highest BCUT2D eigenvalue weighted by Crippen LogP contribution is 2.26. The van der Waals surface area contributed by atoms with Gasteiger partial charge in [0.15, 0.2) is 0 Å². The molecule has 1 aliphatic rings. The molecule has 1 aromatic carbocycles. The molecular weight excluding hydrogens is 372 g/mol. The molecule has 1 aliphatic heterocycles. The maximum Gasteiger partial charge on any atom is 0.410 e. The average molecular weight is 407 g/mol. The first-order chi connectivity index (χ1) is 13.7. The quantitative estimate of drug-likeness (QED) is 0.745. The summed E-state index contributed by atoms with van der Waals surface area (Å²) in [4.78, 5) is 26.8. The maximum absolute atomic E-state index is 12.9. The number of amides is 2. The van der Waals surface area contributed by atoms with Crippen LogP contribution >= 0.6 is 0 Å². The van der Waals surface area contributed by atoms with E-state index in [-0.39, 0.29) is 11.9 Å². The summed E-state index contributed by atoms with van der Waals surface area (Å²) in [5.41, 5.74) is 1.30. The largest absolute Gasteiger partial charge is 0.496 e. The number of hydrogen-bond donors (Lipinski definition) is 1. The van der Waals surface area contributed by atoms with E-state index in [1.807, 2.05) is 52.8 Å². The van der Waals surface area contributed by atoms with Crippen molar-refractivity contribution in [2.45, 2.75) is 71.8 Å². The molecule has 1 aromatic rings. The van der Waals surface area contributed by atoms with Crippen LogP contribution in [0, 0.1) is 0 Å². The third kappa shape index (κ3) is 6.35. The van der Waals surface area contributed by atoms with Crippen molar-refractivity contribution >= 4 is 12.0 Å². The van der Waals surface area contributed by atoms with Crippen molar-refractivity contribution in [3.05, 3.63) is 29.3 Å². The van der Waals surface area contributed by atoms with Gasteiger partial charge in [0.2, 0.25) is 5.91 Å². The lowest BCUT2D eigenvalue weighted by molar-refractivity contribution is -0.126. The fraction of sp³-hybridized carbons (Fsp3) is 0.636. The first-order valence-corrected chi connectivity index (χ1v) is 10.2. The number of likely N-dealkylation sites (tertiary alicyclic amines) is 1. The first-order valence-electron chi connectivity index (χ1n) is 10.2. The van der Waals surface area contributed by atoms with Crippen LogP contribution in [0.1, 0.15) is 64.6 Å². The van der Waals surface area contributed by atoms with Gasteiger partial charge in [0.25, 0.3) is 0 Å². The van der Waals surface area contributed by atoms with Gasteiger partial charge in [0, 0.05) is 18.7 Å². The van der Waals surface area contributed by atoms with Gasteiger partial charge in [-0.2, -0.15) is 0 Å². The van der Waals surface area contributed by atoms with Crippen LogP contribution in [0.5, 0.6) is 5.75 Å². The van der Waals surface area contributed by atoms with Crippen LogP contribution in [0.15, 0.2) is 18.2 Å². The lowest BCUT2D eigenvalue weighted by atomic mass is 10.0. The molecule has 1 saturated heterocycles. The fourth-order valence-electron chi connectivity index (χ4n) is 3.33. The van der Waals surface area contributed by atoms with Crippen molar-refractivity contribution in [1.82, 2.24) is 10.2 Å². The molecule has 1 fully saturated rings. The molecule has 0 aliphatic carbocycles. The Morgan fingerprint density at radius 1 is 1.31 bits per heavy atom. The standard InChI is InChI=1S/C22H34N2O5/c1-7-28-14-17-11-10-16(13-19(17)27-6)15(2)23-20(25)18-9-8-12-24(18)21(26)29-22(3,4)5/h10-11,13,15,18H,7-9,12,14H2,1-6H3,(H,23,25)/t15-,18+/m0/s1. The molecule has 2 rings (SSSR count). The van der Waals surface area contributed by atoms with Crippen LogP contribution in [-0.2, 0) is 20.9 Å². The van der Waals surface area contributed by atoms with Crippen LogP contribution in [0.2, 0.25) is 0 Å². The predicted molar refractivity (Wildman–Crippen MR) is 111 cm³/mol. The number of hydrogen-bond acceptors (Lipinski definition) is 5. The van der Waals surface area contributed by atoms with E-state index in [1.165, 1.54) is 4.90 Å². The zero-order valence-electron chi connectivity index (χ0n) is 18.4. The van der Waals surface area contributed by atoms with Gasteiger partial charge in [-0.25, -0.2) is 4.79 Å². The first kappa shape index (κ1) is 23.0. The predicted octanol–water partition coefficient (Wildman–Crippen LogP) is 3.81. The van der Waals surface area contributed by atoms with E-state index in [0.29, 0.717) is 26.2 Å². The summed E-state index contributed by atoms with van der Waals surface area (Å²) in [5, 5.41) is 3.02. The second kappa shape index (κ2) is 9.96. The number of methoxy groups -OCH3 is 1. The summed E-state index contributed by atoms with van der Waals surface area (Å²) >= 11 is 0. The highest BCUT2D eigenvalue weighted by molar-refractivity contribution is 5.86. The molecule has 1 N–H and O–H groups in total. The molecule has 7 nitrogen and oxygen atoms in total. The topological polar surface area (TPSA) is 77.1 Å². The zero-order valence-corrected chi connectivity index (χ0v) is 18.4. The SMILES string of the molecule is CCOCc1ccc([C@H](C)NC(=O)[C@H]2CCCN2C(=O)OC(C)(C)C)cc1OC. The van der Waals surface area contributed by atoms with E-state index in [1.54, 1.807) is 7.11 Å². The number of nitrogens with zero attached hydrogens (tertiary/aromatic N) is 1. The Morgan fingerprint density at radius 3 is 2.66 bits per heavy atom. The molecule has 0 saturated carbocycles. The van der Waals surface area contributed by atoms with Gasteiger partial charge in [-0.15, -0.1) is 0 Å². The highest BCUT2D eigenvalue weighted by atomic mass is 16.6. The molecule has 2 amide bonds. The molecule has 0 unspecified atom stereocenters. The average Bonchev–Trinajstić information content (AvgIpc) is 3.15. The van der Waals surface area contributed by atoms with Crippen molar-refractivity contribution in [3.63, 3.8) is 0 Å². The summed E-state index contributed by atoms with van der Waals surface area (Å²) in [6, 6.07) is 5.10. The Balaban J connectivity index is 2.05. The highest BCUT2D eigenvalue weighted by Gasteiger charge is 2.37. The number of carbonyl (C=O) groups excluding carboxylic acids is 2. The molecule has 162 valence electrons. The number of benzene rings is 1. The number of carbonyl (C=O) groups is 2. The van der Waals surface area contributed by atoms with Crippen LogP contribution in [-0.4, -0.2) is 48.8 Å². The Labute approximate surface area is 173 Å². The molecule has 1 heterocycles. The Morgan fingerprint density at radius 2 is 2.03 bits per heavy atom. The molecule has 0 radical (unpaired) electrons. The van der Waals surface area contributed by atoms with Crippen LogP contribution in [0.25, 0.3) is 0 Å². The normalized spacial score (nSPS) is 17.7. The minimum atomic E-state index is -0.590. The van der Waals surface area contributed by atoms with Crippen LogP contribution in [0.4, 0.5) is 4.79 Å². The van der Waals surface area contributed by atoms with Crippen molar-refractivity contribution < 1.29 is 23.8 Å². The van der Waals surface area contributed by atoms with Gasteiger partial charge in [-0.1, -0.05) is 12.1 Å². The van der Waals surface area contributed by atoms with Crippen LogP contribution < -0.4 is 10.1 Å². The Kier molecular flexibility index (Phi) is 7.90. The molecule has 0 aromatic heterocycles. The van der Waals surface area contributed by atoms with Crippen molar-refractivity contribution in [2.24, 2.45) is 0 Å². The lowest BCUT2D eigenvalue weighted by Gasteiger charge is -2.28. The van der Waals surface area contributed by atoms with Gasteiger partial charge >= 0.3 is 6.09 Å². The second-order valence-electron chi connectivity index (χ2n) is 8.27. The summed E-state index contributed by atoms with van der Waals surface area (Å²) < 4.78 is 16.4. The Bertz CT molecular complexity index is 714. The molecule has 2 atom stereocenters. The van der Waals surface area contributed by atoms with E-state index >= 15 is 0 Å². The van der Waals surface area contributed by atoms with Crippen molar-refractivity contribution in [2.75, 3.05) is 20.3 Å². The third-order valence-corrected chi connectivity index (χ3v) is 4.82. The minimum absolute atomic E-state index is 0.168. The van der Waals surface area contributed by atoms with Crippen LogP contribution in [0.3, 0.4) is 0 Å². The van der Waals surface area contributed by atoms with E-state index in [4.69, 9.17) is 14.2 Å².